The van der Waals surface area contributed by atoms with Crippen molar-refractivity contribution in [1.82, 2.24) is 5.32 Å². The van der Waals surface area contributed by atoms with Crippen molar-refractivity contribution in [3.63, 3.8) is 0 Å². The maximum atomic E-state index is 12.8. The molecule has 0 radical (unpaired) electrons. The zero-order chi connectivity index (χ0) is 14.6. The van der Waals surface area contributed by atoms with Crippen molar-refractivity contribution in [2.45, 2.75) is 26.3 Å². The van der Waals surface area contributed by atoms with Crippen LogP contribution in [0.15, 0.2) is 24.3 Å². The lowest BCUT2D eigenvalue weighted by molar-refractivity contribution is -0.142. The number of rotatable bonds is 4. The van der Waals surface area contributed by atoms with Crippen molar-refractivity contribution < 1.29 is 19.1 Å². The van der Waals surface area contributed by atoms with Crippen molar-refractivity contribution in [2.75, 3.05) is 11.4 Å². The summed E-state index contributed by atoms with van der Waals surface area (Å²) >= 11 is 0. The molecule has 0 spiro atoms. The Kier molecular flexibility index (Phi) is 4.47. The molecule has 0 aliphatic carbocycles. The second-order valence-electron chi connectivity index (χ2n) is 4.58. The summed E-state index contributed by atoms with van der Waals surface area (Å²) in [7, 11) is 0. The number of anilines is 1. The summed E-state index contributed by atoms with van der Waals surface area (Å²) in [5.74, 6) is -1.53. The van der Waals surface area contributed by atoms with Crippen LogP contribution in [0, 0.1) is 5.82 Å². The van der Waals surface area contributed by atoms with Gasteiger partial charge < -0.3 is 10.4 Å². The summed E-state index contributed by atoms with van der Waals surface area (Å²) in [6.45, 7) is 4.88. The molecule has 104 valence electrons. The number of amides is 2. The van der Waals surface area contributed by atoms with Crippen LogP contribution in [0.1, 0.15) is 20.8 Å². The molecule has 0 fully saturated rings. The van der Waals surface area contributed by atoms with Crippen molar-refractivity contribution >= 4 is 17.7 Å². The maximum Gasteiger partial charge on any atom is 0.328 e. The first kappa shape index (κ1) is 14.9. The molecule has 0 aromatic heterocycles. The summed E-state index contributed by atoms with van der Waals surface area (Å²) in [6, 6.07) is 4.88. The quantitative estimate of drug-likeness (QED) is 0.879. The Bertz CT molecular complexity index is 471. The fourth-order valence-corrected chi connectivity index (χ4v) is 1.45. The highest BCUT2D eigenvalue weighted by Crippen LogP contribution is 2.15. The molecule has 2 amide bonds. The normalized spacial score (nSPS) is 10.9. The van der Waals surface area contributed by atoms with Crippen LogP contribution in [-0.4, -0.2) is 29.2 Å². The van der Waals surface area contributed by atoms with Gasteiger partial charge in [-0.3, -0.25) is 4.90 Å². The van der Waals surface area contributed by atoms with Gasteiger partial charge in [-0.2, -0.15) is 0 Å². The molecule has 6 heteroatoms. The van der Waals surface area contributed by atoms with E-state index in [1.165, 1.54) is 43.0 Å². The minimum Gasteiger partial charge on any atom is -0.480 e. The van der Waals surface area contributed by atoms with E-state index in [1.54, 1.807) is 6.92 Å². The molecular weight excluding hydrogens is 251 g/mol. The van der Waals surface area contributed by atoms with Gasteiger partial charge in [0.2, 0.25) is 0 Å². The average molecular weight is 268 g/mol. The van der Waals surface area contributed by atoms with Gasteiger partial charge in [-0.1, -0.05) is 0 Å². The van der Waals surface area contributed by atoms with Crippen LogP contribution < -0.4 is 10.2 Å². The van der Waals surface area contributed by atoms with Crippen LogP contribution >= 0.6 is 0 Å². The van der Waals surface area contributed by atoms with E-state index < -0.39 is 23.4 Å². The average Bonchev–Trinajstić information content (AvgIpc) is 2.31. The lowest BCUT2D eigenvalue weighted by Gasteiger charge is -2.27. The second kappa shape index (κ2) is 5.69. The number of nitrogens with one attached hydrogen (secondary N) is 1. The number of halogens is 1. The van der Waals surface area contributed by atoms with E-state index in [0.29, 0.717) is 12.2 Å². The predicted molar refractivity (Wildman–Crippen MR) is 69.7 cm³/mol. The lowest BCUT2D eigenvalue weighted by Crippen LogP contribution is -2.54. The Morgan fingerprint density at radius 3 is 2.26 bits per heavy atom. The minimum atomic E-state index is -1.37. The molecule has 1 aromatic rings. The number of hydrogen-bond acceptors (Lipinski definition) is 2. The molecule has 0 heterocycles. The third-order valence-electron chi connectivity index (χ3n) is 2.65. The van der Waals surface area contributed by atoms with Crippen LogP contribution in [0.25, 0.3) is 0 Å². The number of carboxylic acid groups (broad SMARTS) is 1. The monoisotopic (exact) mass is 268 g/mol. The van der Waals surface area contributed by atoms with Gasteiger partial charge in [0.15, 0.2) is 0 Å². The van der Waals surface area contributed by atoms with E-state index in [0.717, 1.165) is 0 Å². The van der Waals surface area contributed by atoms with Crippen LogP contribution in [-0.2, 0) is 4.79 Å². The zero-order valence-electron chi connectivity index (χ0n) is 11.1. The molecule has 5 nitrogen and oxygen atoms in total. The van der Waals surface area contributed by atoms with Gasteiger partial charge in [0, 0.05) is 12.2 Å². The Morgan fingerprint density at radius 1 is 1.32 bits per heavy atom. The molecule has 0 aliphatic heterocycles. The third kappa shape index (κ3) is 3.67. The lowest BCUT2D eigenvalue weighted by atomic mass is 10.1. The Morgan fingerprint density at radius 2 is 1.84 bits per heavy atom. The van der Waals surface area contributed by atoms with Crippen molar-refractivity contribution in [3.8, 4) is 0 Å². The van der Waals surface area contributed by atoms with E-state index >= 15 is 0 Å². The van der Waals surface area contributed by atoms with Crippen molar-refractivity contribution in [3.05, 3.63) is 30.1 Å². The van der Waals surface area contributed by atoms with Crippen LogP contribution in [0.3, 0.4) is 0 Å². The number of hydrogen-bond donors (Lipinski definition) is 2. The number of urea groups is 1. The van der Waals surface area contributed by atoms with Crippen LogP contribution in [0.4, 0.5) is 14.9 Å². The second-order valence-corrected chi connectivity index (χ2v) is 4.58. The highest BCUT2D eigenvalue weighted by atomic mass is 19.1. The summed E-state index contributed by atoms with van der Waals surface area (Å²) < 4.78 is 12.8. The van der Waals surface area contributed by atoms with Gasteiger partial charge in [0.05, 0.1) is 0 Å². The fourth-order valence-electron chi connectivity index (χ4n) is 1.45. The third-order valence-corrected chi connectivity index (χ3v) is 2.65. The molecule has 0 bridgehead atoms. The largest absolute Gasteiger partial charge is 0.480 e. The first-order valence-electron chi connectivity index (χ1n) is 5.86. The first-order valence-corrected chi connectivity index (χ1v) is 5.86. The summed E-state index contributed by atoms with van der Waals surface area (Å²) in [5, 5.41) is 11.4. The van der Waals surface area contributed by atoms with E-state index in [2.05, 4.69) is 5.32 Å². The molecule has 0 saturated heterocycles. The number of carboxylic acids is 1. The Hall–Kier alpha value is -2.11. The predicted octanol–water partition coefficient (Wildman–Crippen LogP) is 2.22. The van der Waals surface area contributed by atoms with Crippen molar-refractivity contribution in [2.24, 2.45) is 0 Å². The number of benzene rings is 1. The molecule has 1 rings (SSSR count). The van der Waals surface area contributed by atoms with Gasteiger partial charge in [-0.05, 0) is 45.0 Å². The molecular formula is C13H17FN2O3. The maximum absolute atomic E-state index is 12.8. The van der Waals surface area contributed by atoms with E-state index in [4.69, 9.17) is 5.11 Å². The fraction of sp³-hybridized carbons (Fsp3) is 0.385. The number of nitrogens with zero attached hydrogens (tertiary/aromatic N) is 1. The van der Waals surface area contributed by atoms with Crippen LogP contribution in [0.5, 0.6) is 0 Å². The first-order chi connectivity index (χ1) is 8.77. The summed E-state index contributed by atoms with van der Waals surface area (Å²) in [5.41, 5.74) is -0.868. The molecule has 0 aliphatic rings. The van der Waals surface area contributed by atoms with E-state index in [1.807, 2.05) is 0 Å². The highest BCUT2D eigenvalue weighted by molar-refractivity contribution is 5.95. The number of carbonyl (C=O) groups excluding carboxylic acids is 1. The molecule has 1 aromatic carbocycles. The van der Waals surface area contributed by atoms with E-state index in [-0.39, 0.29) is 0 Å². The van der Waals surface area contributed by atoms with Gasteiger partial charge in [0.1, 0.15) is 11.4 Å². The highest BCUT2D eigenvalue weighted by Gasteiger charge is 2.30. The summed E-state index contributed by atoms with van der Waals surface area (Å²) in [6.07, 6.45) is 0. The molecule has 2 N–H and O–H groups in total. The Balaban J connectivity index is 2.89. The van der Waals surface area contributed by atoms with Gasteiger partial charge in [0.25, 0.3) is 0 Å². The van der Waals surface area contributed by atoms with Crippen molar-refractivity contribution in [1.29, 1.82) is 0 Å². The molecule has 19 heavy (non-hydrogen) atoms. The Labute approximate surface area is 111 Å². The molecule has 0 saturated carbocycles. The zero-order valence-corrected chi connectivity index (χ0v) is 11.1. The number of carbonyl (C=O) groups is 2. The molecule has 0 unspecified atom stereocenters. The SMILES string of the molecule is CCN(C(=O)NC(C)(C)C(=O)O)c1ccc(F)cc1. The molecule has 0 atom stereocenters. The standard InChI is InChI=1S/C13H17FN2O3/c1-4-16(10-7-5-9(14)6-8-10)12(19)15-13(2,3)11(17)18/h5-8H,4H2,1-3H3,(H,15,19)(H,17,18). The smallest absolute Gasteiger partial charge is 0.328 e. The number of aliphatic carboxylic acids is 1. The van der Waals surface area contributed by atoms with Crippen LogP contribution in [0.2, 0.25) is 0 Å². The van der Waals surface area contributed by atoms with E-state index in [9.17, 15) is 14.0 Å². The minimum absolute atomic E-state index is 0.340. The summed E-state index contributed by atoms with van der Waals surface area (Å²) in [4.78, 5) is 24.3. The van der Waals surface area contributed by atoms with Gasteiger partial charge in [-0.15, -0.1) is 0 Å². The topological polar surface area (TPSA) is 69.6 Å². The van der Waals surface area contributed by atoms with Gasteiger partial charge >= 0.3 is 12.0 Å². The van der Waals surface area contributed by atoms with Gasteiger partial charge in [-0.25, -0.2) is 14.0 Å².